The molecule has 1 aliphatic rings. The van der Waals surface area contributed by atoms with Crippen LogP contribution in [0.5, 0.6) is 0 Å². The molecule has 1 N–H and O–H groups in total. The molecule has 1 aromatic rings. The molecule has 3 heteroatoms. The molecular weight excluding hydrogens is 184 g/mol. The monoisotopic (exact) mass is 197 g/mol. The van der Waals surface area contributed by atoms with Crippen LogP contribution >= 0.6 is 0 Å². The molecule has 1 nitrogen and oxygen atoms in total. The van der Waals surface area contributed by atoms with Crippen molar-refractivity contribution >= 4 is 0 Å². The zero-order chi connectivity index (χ0) is 9.97. The summed E-state index contributed by atoms with van der Waals surface area (Å²) in [4.78, 5) is 0. The SMILES string of the molecule is Fc1ccccc1C1NCCCC1F. The molecule has 0 radical (unpaired) electrons. The minimum Gasteiger partial charge on any atom is -0.307 e. The highest BCUT2D eigenvalue weighted by Gasteiger charge is 2.27. The summed E-state index contributed by atoms with van der Waals surface area (Å²) in [5, 5.41) is 3.01. The minimum absolute atomic E-state index is 0.324. The van der Waals surface area contributed by atoms with Crippen LogP contribution in [0.25, 0.3) is 0 Å². The van der Waals surface area contributed by atoms with Crippen LogP contribution in [-0.4, -0.2) is 12.7 Å². The molecule has 0 amide bonds. The van der Waals surface area contributed by atoms with E-state index in [-0.39, 0.29) is 5.82 Å². The highest BCUT2D eigenvalue weighted by atomic mass is 19.1. The molecule has 76 valence electrons. The molecule has 0 bridgehead atoms. The van der Waals surface area contributed by atoms with Crippen molar-refractivity contribution in [3.63, 3.8) is 0 Å². The summed E-state index contributed by atoms with van der Waals surface area (Å²) in [5.74, 6) is -0.324. The summed E-state index contributed by atoms with van der Waals surface area (Å²) >= 11 is 0. The molecule has 1 saturated heterocycles. The van der Waals surface area contributed by atoms with Crippen LogP contribution < -0.4 is 5.32 Å². The van der Waals surface area contributed by atoms with Gasteiger partial charge in [-0.15, -0.1) is 0 Å². The lowest BCUT2D eigenvalue weighted by Gasteiger charge is -2.27. The third-order valence-electron chi connectivity index (χ3n) is 2.62. The molecule has 0 spiro atoms. The molecule has 1 fully saturated rings. The maximum absolute atomic E-state index is 13.5. The lowest BCUT2D eigenvalue weighted by atomic mass is 9.95. The van der Waals surface area contributed by atoms with Crippen molar-refractivity contribution in [1.29, 1.82) is 0 Å². The normalized spacial score (nSPS) is 27.6. The van der Waals surface area contributed by atoms with Gasteiger partial charge in [0, 0.05) is 5.56 Å². The Hall–Kier alpha value is -0.960. The van der Waals surface area contributed by atoms with Gasteiger partial charge in [-0.3, -0.25) is 0 Å². The van der Waals surface area contributed by atoms with E-state index in [2.05, 4.69) is 5.32 Å². The average Bonchev–Trinajstić information content (AvgIpc) is 2.20. The summed E-state index contributed by atoms with van der Waals surface area (Å²) in [6.45, 7) is 0.763. The first-order valence-electron chi connectivity index (χ1n) is 4.91. The van der Waals surface area contributed by atoms with Crippen molar-refractivity contribution in [3.05, 3.63) is 35.6 Å². The van der Waals surface area contributed by atoms with Gasteiger partial charge in [-0.25, -0.2) is 8.78 Å². The molecular formula is C11H13F2N. The minimum atomic E-state index is -0.972. The highest BCUT2D eigenvalue weighted by Crippen LogP contribution is 2.27. The Bertz CT molecular complexity index is 314. The van der Waals surface area contributed by atoms with Gasteiger partial charge in [0.05, 0.1) is 6.04 Å². The zero-order valence-corrected chi connectivity index (χ0v) is 7.84. The fourth-order valence-electron chi connectivity index (χ4n) is 1.88. The van der Waals surface area contributed by atoms with E-state index in [9.17, 15) is 8.78 Å². The fourth-order valence-corrected chi connectivity index (χ4v) is 1.88. The van der Waals surface area contributed by atoms with E-state index in [1.807, 2.05) is 0 Å². The summed E-state index contributed by atoms with van der Waals surface area (Å²) < 4.78 is 26.8. The van der Waals surface area contributed by atoms with Gasteiger partial charge in [0.2, 0.25) is 0 Å². The molecule has 0 saturated carbocycles. The lowest BCUT2D eigenvalue weighted by molar-refractivity contribution is 0.198. The Kier molecular flexibility index (Phi) is 2.77. The van der Waals surface area contributed by atoms with Crippen molar-refractivity contribution in [2.75, 3.05) is 6.54 Å². The van der Waals surface area contributed by atoms with Crippen molar-refractivity contribution in [2.45, 2.75) is 25.1 Å². The summed E-state index contributed by atoms with van der Waals surface area (Å²) in [5.41, 5.74) is 0.444. The zero-order valence-electron chi connectivity index (χ0n) is 7.84. The van der Waals surface area contributed by atoms with E-state index < -0.39 is 12.2 Å². The number of rotatable bonds is 1. The van der Waals surface area contributed by atoms with Gasteiger partial charge < -0.3 is 5.32 Å². The van der Waals surface area contributed by atoms with Gasteiger partial charge in [-0.1, -0.05) is 18.2 Å². The summed E-state index contributed by atoms with van der Waals surface area (Å²) in [7, 11) is 0. The molecule has 1 aliphatic heterocycles. The van der Waals surface area contributed by atoms with Crippen LogP contribution in [-0.2, 0) is 0 Å². The number of benzene rings is 1. The van der Waals surface area contributed by atoms with E-state index >= 15 is 0 Å². The predicted molar refractivity (Wildman–Crippen MR) is 51.3 cm³/mol. The molecule has 1 heterocycles. The third-order valence-corrected chi connectivity index (χ3v) is 2.62. The van der Waals surface area contributed by atoms with Crippen LogP contribution in [0.3, 0.4) is 0 Å². The van der Waals surface area contributed by atoms with Gasteiger partial charge >= 0.3 is 0 Å². The molecule has 14 heavy (non-hydrogen) atoms. The predicted octanol–water partition coefficient (Wildman–Crippen LogP) is 2.59. The smallest absolute Gasteiger partial charge is 0.128 e. The Morgan fingerprint density at radius 1 is 1.29 bits per heavy atom. The average molecular weight is 197 g/mol. The van der Waals surface area contributed by atoms with E-state index in [0.717, 1.165) is 13.0 Å². The van der Waals surface area contributed by atoms with Crippen molar-refractivity contribution < 1.29 is 8.78 Å². The highest BCUT2D eigenvalue weighted by molar-refractivity contribution is 5.22. The number of piperidine rings is 1. The van der Waals surface area contributed by atoms with Crippen LogP contribution in [0.1, 0.15) is 24.4 Å². The summed E-state index contributed by atoms with van der Waals surface area (Å²) in [6, 6.07) is 5.91. The van der Waals surface area contributed by atoms with Gasteiger partial charge in [0.15, 0.2) is 0 Å². The standard InChI is InChI=1S/C11H13F2N/c12-9-5-2-1-4-8(9)11-10(13)6-3-7-14-11/h1-2,4-5,10-11,14H,3,6-7H2. The Morgan fingerprint density at radius 3 is 2.79 bits per heavy atom. The second-order valence-corrected chi connectivity index (χ2v) is 3.61. The number of alkyl halides is 1. The molecule has 1 aromatic carbocycles. The molecule has 0 aliphatic carbocycles. The largest absolute Gasteiger partial charge is 0.307 e. The molecule has 2 atom stereocenters. The van der Waals surface area contributed by atoms with Gasteiger partial charge in [0.1, 0.15) is 12.0 Å². The van der Waals surface area contributed by atoms with Gasteiger partial charge in [-0.05, 0) is 25.5 Å². The number of nitrogens with one attached hydrogen (secondary N) is 1. The number of hydrogen-bond acceptors (Lipinski definition) is 1. The maximum atomic E-state index is 13.5. The third kappa shape index (κ3) is 1.77. The quantitative estimate of drug-likeness (QED) is 0.729. The topological polar surface area (TPSA) is 12.0 Å². The van der Waals surface area contributed by atoms with Gasteiger partial charge in [-0.2, -0.15) is 0 Å². The molecule has 0 aromatic heterocycles. The Balaban J connectivity index is 2.25. The van der Waals surface area contributed by atoms with E-state index in [1.165, 1.54) is 6.07 Å². The van der Waals surface area contributed by atoms with Crippen molar-refractivity contribution in [2.24, 2.45) is 0 Å². The first-order chi connectivity index (χ1) is 6.79. The molecule has 2 unspecified atom stereocenters. The first kappa shape index (κ1) is 9.59. The van der Waals surface area contributed by atoms with Crippen LogP contribution in [0.4, 0.5) is 8.78 Å². The van der Waals surface area contributed by atoms with E-state index in [1.54, 1.807) is 18.2 Å². The van der Waals surface area contributed by atoms with Crippen molar-refractivity contribution in [1.82, 2.24) is 5.32 Å². The van der Waals surface area contributed by atoms with Crippen molar-refractivity contribution in [3.8, 4) is 0 Å². The number of hydrogen-bond donors (Lipinski definition) is 1. The van der Waals surface area contributed by atoms with Crippen LogP contribution in [0.2, 0.25) is 0 Å². The number of halogens is 2. The van der Waals surface area contributed by atoms with E-state index in [0.29, 0.717) is 12.0 Å². The van der Waals surface area contributed by atoms with E-state index in [4.69, 9.17) is 0 Å². The second-order valence-electron chi connectivity index (χ2n) is 3.61. The summed E-state index contributed by atoms with van der Waals surface area (Å²) in [6.07, 6.45) is 0.374. The Morgan fingerprint density at radius 2 is 2.07 bits per heavy atom. The van der Waals surface area contributed by atoms with Crippen LogP contribution in [0.15, 0.2) is 24.3 Å². The van der Waals surface area contributed by atoms with Gasteiger partial charge in [0.25, 0.3) is 0 Å². The lowest BCUT2D eigenvalue weighted by Crippen LogP contribution is -2.35. The molecule has 2 rings (SSSR count). The first-order valence-corrected chi connectivity index (χ1v) is 4.91. The van der Waals surface area contributed by atoms with Crippen LogP contribution in [0, 0.1) is 5.82 Å². The Labute approximate surface area is 82.1 Å². The fraction of sp³-hybridized carbons (Fsp3) is 0.455. The second kappa shape index (κ2) is 4.05. The maximum Gasteiger partial charge on any atom is 0.128 e.